The van der Waals surface area contributed by atoms with Gasteiger partial charge in [0.2, 0.25) is 9.84 Å². The Kier molecular flexibility index (Phi) is 5.90. The lowest BCUT2D eigenvalue weighted by atomic mass is 10.1. The van der Waals surface area contributed by atoms with E-state index < -0.39 is 9.84 Å². The summed E-state index contributed by atoms with van der Waals surface area (Å²) in [5, 5.41) is 27.4. The fourth-order valence-corrected chi connectivity index (χ4v) is 3.45. The van der Waals surface area contributed by atoms with Crippen molar-refractivity contribution < 1.29 is 23.7 Å². The number of aryl methyl sites for hydroxylation is 2. The first-order valence-electron chi connectivity index (χ1n) is 7.80. The standard InChI is InChI=1S/C12H10O4S.C8H10O/c13-9-1-5-11(6-2-9)17(15,16)12-7-3-10(14)4-8-12;1-6-4-3-5-7(2)8(6)9/h1-8,13-14H;3-5,9H,1-2H3. The van der Waals surface area contributed by atoms with Gasteiger partial charge in [-0.05, 0) is 73.5 Å². The van der Waals surface area contributed by atoms with Crippen LogP contribution in [0.25, 0.3) is 0 Å². The van der Waals surface area contributed by atoms with Crippen LogP contribution in [0.3, 0.4) is 0 Å². The highest BCUT2D eigenvalue weighted by Gasteiger charge is 2.17. The summed E-state index contributed by atoms with van der Waals surface area (Å²) in [6.45, 7) is 3.78. The Morgan fingerprint density at radius 1 is 0.615 bits per heavy atom. The molecule has 0 radical (unpaired) electrons. The van der Waals surface area contributed by atoms with Crippen LogP contribution in [0.2, 0.25) is 0 Å². The molecule has 0 saturated heterocycles. The van der Waals surface area contributed by atoms with Crippen LogP contribution in [0, 0.1) is 13.8 Å². The van der Waals surface area contributed by atoms with Crippen molar-refractivity contribution in [3.63, 3.8) is 0 Å². The quantitative estimate of drug-likeness (QED) is 0.633. The molecule has 6 heteroatoms. The zero-order valence-electron chi connectivity index (χ0n) is 14.4. The number of rotatable bonds is 2. The third-order valence-electron chi connectivity index (χ3n) is 3.73. The molecule has 3 aromatic rings. The second-order valence-corrected chi connectivity index (χ2v) is 7.68. The van der Waals surface area contributed by atoms with Crippen LogP contribution in [0.4, 0.5) is 0 Å². The maximum absolute atomic E-state index is 12.1. The van der Waals surface area contributed by atoms with E-state index in [9.17, 15) is 13.5 Å². The van der Waals surface area contributed by atoms with Crippen molar-refractivity contribution in [2.24, 2.45) is 0 Å². The number of aromatic hydroxyl groups is 3. The average Bonchev–Trinajstić information content (AvgIpc) is 2.61. The number of benzene rings is 3. The van der Waals surface area contributed by atoms with E-state index in [1.54, 1.807) is 0 Å². The van der Waals surface area contributed by atoms with E-state index in [0.29, 0.717) is 5.75 Å². The number of hydrogen-bond donors (Lipinski definition) is 3. The molecule has 0 unspecified atom stereocenters. The van der Waals surface area contributed by atoms with Gasteiger partial charge in [-0.2, -0.15) is 0 Å². The number of phenolic OH excluding ortho intramolecular Hbond substituents is 3. The molecule has 0 atom stereocenters. The molecule has 0 bridgehead atoms. The lowest BCUT2D eigenvalue weighted by Gasteiger charge is -2.04. The number of phenols is 3. The van der Waals surface area contributed by atoms with Gasteiger partial charge in [-0.1, -0.05) is 18.2 Å². The first kappa shape index (κ1) is 19.3. The van der Waals surface area contributed by atoms with Gasteiger partial charge in [-0.15, -0.1) is 0 Å². The lowest BCUT2D eigenvalue weighted by molar-refractivity contribution is 0.467. The Balaban J connectivity index is 0.000000228. The van der Waals surface area contributed by atoms with Crippen LogP contribution in [-0.2, 0) is 9.84 Å². The van der Waals surface area contributed by atoms with E-state index in [-0.39, 0.29) is 21.3 Å². The minimum Gasteiger partial charge on any atom is -0.508 e. The summed E-state index contributed by atoms with van der Waals surface area (Å²) in [6.07, 6.45) is 0. The molecule has 0 heterocycles. The third-order valence-corrected chi connectivity index (χ3v) is 5.52. The molecule has 5 nitrogen and oxygen atoms in total. The highest BCUT2D eigenvalue weighted by molar-refractivity contribution is 7.91. The van der Waals surface area contributed by atoms with Crippen molar-refractivity contribution in [2.45, 2.75) is 23.6 Å². The first-order chi connectivity index (χ1) is 12.2. The van der Waals surface area contributed by atoms with E-state index in [2.05, 4.69) is 0 Å². The maximum Gasteiger partial charge on any atom is 0.206 e. The van der Waals surface area contributed by atoms with Crippen molar-refractivity contribution in [1.29, 1.82) is 0 Å². The smallest absolute Gasteiger partial charge is 0.206 e. The Labute approximate surface area is 152 Å². The molecule has 26 heavy (non-hydrogen) atoms. The van der Waals surface area contributed by atoms with Crippen LogP contribution in [0.15, 0.2) is 76.5 Å². The molecule has 0 aliphatic heterocycles. The highest BCUT2D eigenvalue weighted by atomic mass is 32.2. The molecule has 136 valence electrons. The van der Waals surface area contributed by atoms with Gasteiger partial charge in [0.05, 0.1) is 9.79 Å². The second kappa shape index (κ2) is 7.93. The van der Waals surface area contributed by atoms with E-state index in [1.165, 1.54) is 48.5 Å². The van der Waals surface area contributed by atoms with Gasteiger partial charge in [0.15, 0.2) is 0 Å². The molecule has 0 aliphatic rings. The van der Waals surface area contributed by atoms with Gasteiger partial charge >= 0.3 is 0 Å². The molecule has 0 saturated carbocycles. The highest BCUT2D eigenvalue weighted by Crippen LogP contribution is 2.24. The minimum absolute atomic E-state index is 0.00894. The fourth-order valence-electron chi connectivity index (χ4n) is 2.19. The van der Waals surface area contributed by atoms with Gasteiger partial charge in [0.25, 0.3) is 0 Å². The number of para-hydroxylation sites is 1. The van der Waals surface area contributed by atoms with Crippen molar-refractivity contribution in [1.82, 2.24) is 0 Å². The SMILES string of the molecule is Cc1cccc(C)c1O.O=S(=O)(c1ccc(O)cc1)c1ccc(O)cc1. The molecule has 3 N–H and O–H groups in total. The van der Waals surface area contributed by atoms with Gasteiger partial charge in [-0.3, -0.25) is 0 Å². The summed E-state index contributed by atoms with van der Waals surface area (Å²) in [5.41, 5.74) is 1.88. The van der Waals surface area contributed by atoms with Crippen LogP contribution in [-0.4, -0.2) is 23.7 Å². The van der Waals surface area contributed by atoms with Gasteiger partial charge in [0.1, 0.15) is 17.2 Å². The van der Waals surface area contributed by atoms with Crippen molar-refractivity contribution in [3.05, 3.63) is 77.9 Å². The van der Waals surface area contributed by atoms with Crippen LogP contribution < -0.4 is 0 Å². The monoisotopic (exact) mass is 372 g/mol. The van der Waals surface area contributed by atoms with Crippen molar-refractivity contribution in [2.75, 3.05) is 0 Å². The zero-order chi connectivity index (χ0) is 19.3. The van der Waals surface area contributed by atoms with Crippen molar-refractivity contribution >= 4 is 9.84 Å². The molecule has 0 aliphatic carbocycles. The summed E-state index contributed by atoms with van der Waals surface area (Å²) in [6, 6.07) is 16.3. The summed E-state index contributed by atoms with van der Waals surface area (Å²) in [5.74, 6) is 0.432. The predicted molar refractivity (Wildman–Crippen MR) is 99.2 cm³/mol. The largest absolute Gasteiger partial charge is 0.508 e. The third kappa shape index (κ3) is 4.55. The molecule has 3 rings (SSSR count). The summed E-state index contributed by atoms with van der Waals surface area (Å²) in [4.78, 5) is 0.196. The summed E-state index contributed by atoms with van der Waals surface area (Å²) in [7, 11) is -3.59. The Bertz CT molecular complexity index is 904. The van der Waals surface area contributed by atoms with Gasteiger partial charge in [0, 0.05) is 0 Å². The molecule has 0 fully saturated rings. The fraction of sp³-hybridized carbons (Fsp3) is 0.100. The Morgan fingerprint density at radius 2 is 0.962 bits per heavy atom. The number of hydrogen-bond acceptors (Lipinski definition) is 5. The van der Waals surface area contributed by atoms with Crippen molar-refractivity contribution in [3.8, 4) is 17.2 Å². The zero-order valence-corrected chi connectivity index (χ0v) is 15.2. The molecule has 0 aromatic heterocycles. The van der Waals surface area contributed by atoms with Gasteiger partial charge < -0.3 is 15.3 Å². The van der Waals surface area contributed by atoms with Crippen LogP contribution in [0.5, 0.6) is 17.2 Å². The maximum atomic E-state index is 12.1. The Morgan fingerprint density at radius 3 is 1.27 bits per heavy atom. The minimum atomic E-state index is -3.59. The van der Waals surface area contributed by atoms with E-state index >= 15 is 0 Å². The lowest BCUT2D eigenvalue weighted by Crippen LogP contribution is -2.01. The molecular formula is C20H20O5S. The first-order valence-corrected chi connectivity index (χ1v) is 9.28. The van der Waals surface area contributed by atoms with E-state index in [0.717, 1.165) is 11.1 Å². The molecule has 0 spiro atoms. The second-order valence-electron chi connectivity index (χ2n) is 5.73. The summed E-state index contributed by atoms with van der Waals surface area (Å²) < 4.78 is 24.2. The molecule has 0 amide bonds. The van der Waals surface area contributed by atoms with E-state index in [4.69, 9.17) is 10.2 Å². The molecule has 3 aromatic carbocycles. The molecular weight excluding hydrogens is 352 g/mol. The van der Waals surface area contributed by atoms with E-state index in [1.807, 2.05) is 32.0 Å². The summed E-state index contributed by atoms with van der Waals surface area (Å²) >= 11 is 0. The normalized spacial score (nSPS) is 10.7. The van der Waals surface area contributed by atoms with Crippen LogP contribution in [0.1, 0.15) is 11.1 Å². The van der Waals surface area contributed by atoms with Crippen LogP contribution >= 0.6 is 0 Å². The number of sulfone groups is 1. The topological polar surface area (TPSA) is 94.8 Å². The Hall–Kier alpha value is -2.99. The predicted octanol–water partition coefficient (Wildman–Crippen LogP) is 3.94. The van der Waals surface area contributed by atoms with Gasteiger partial charge in [-0.25, -0.2) is 8.42 Å². The average molecular weight is 372 g/mol.